The topological polar surface area (TPSA) is 48.3 Å². The normalized spacial score (nSPS) is 20.9. The molecule has 0 spiro atoms. The summed E-state index contributed by atoms with van der Waals surface area (Å²) in [5.74, 6) is 0. The fourth-order valence-electron chi connectivity index (χ4n) is 2.53. The molecule has 1 fully saturated rings. The first-order chi connectivity index (χ1) is 9.26. The molecule has 1 aromatic rings. The van der Waals surface area contributed by atoms with E-state index in [1.807, 2.05) is 11.7 Å². The van der Waals surface area contributed by atoms with E-state index in [-0.39, 0.29) is 6.04 Å². The van der Waals surface area contributed by atoms with Crippen LogP contribution in [0.3, 0.4) is 0 Å². The van der Waals surface area contributed by atoms with Crippen LogP contribution < -0.4 is 5.32 Å². The zero-order chi connectivity index (χ0) is 13.7. The summed E-state index contributed by atoms with van der Waals surface area (Å²) in [4.78, 5) is 0. The molecule has 1 aliphatic heterocycles. The van der Waals surface area contributed by atoms with Gasteiger partial charge >= 0.3 is 0 Å². The van der Waals surface area contributed by atoms with Crippen LogP contribution >= 0.6 is 11.6 Å². The molecule has 1 aromatic heterocycles. The summed E-state index contributed by atoms with van der Waals surface area (Å²) in [6.07, 6.45) is 5.22. The molecule has 0 saturated carbocycles. The molecular formula is C13H22ClN3O2. The number of aromatic nitrogens is 2. The van der Waals surface area contributed by atoms with Gasteiger partial charge in [-0.25, -0.2) is 0 Å². The Bertz CT molecular complexity index is 391. The minimum atomic E-state index is 0.162. The van der Waals surface area contributed by atoms with Crippen molar-refractivity contribution in [2.75, 3.05) is 27.4 Å². The van der Waals surface area contributed by atoms with Gasteiger partial charge in [0.15, 0.2) is 0 Å². The molecule has 0 radical (unpaired) electrons. The second kappa shape index (κ2) is 7.24. The molecule has 1 aliphatic rings. The van der Waals surface area contributed by atoms with Gasteiger partial charge in [-0.1, -0.05) is 11.6 Å². The molecule has 1 saturated heterocycles. The van der Waals surface area contributed by atoms with E-state index in [2.05, 4.69) is 10.4 Å². The second-order valence-electron chi connectivity index (χ2n) is 4.81. The molecule has 2 rings (SSSR count). The van der Waals surface area contributed by atoms with Gasteiger partial charge in [-0.15, -0.1) is 0 Å². The zero-order valence-electron chi connectivity index (χ0n) is 11.6. The molecule has 0 amide bonds. The Morgan fingerprint density at radius 3 is 3.16 bits per heavy atom. The van der Waals surface area contributed by atoms with E-state index in [4.69, 9.17) is 21.1 Å². The van der Waals surface area contributed by atoms with Crippen molar-refractivity contribution in [2.45, 2.75) is 38.0 Å². The predicted molar refractivity (Wildman–Crippen MR) is 74.5 cm³/mol. The van der Waals surface area contributed by atoms with Crippen LogP contribution in [0.5, 0.6) is 0 Å². The van der Waals surface area contributed by atoms with E-state index in [0.717, 1.165) is 31.6 Å². The van der Waals surface area contributed by atoms with Crippen LogP contribution in [0, 0.1) is 0 Å². The van der Waals surface area contributed by atoms with Crippen LogP contribution in [0.1, 0.15) is 31.0 Å². The van der Waals surface area contributed by atoms with Gasteiger partial charge in [0.1, 0.15) is 0 Å². The van der Waals surface area contributed by atoms with E-state index in [9.17, 15) is 0 Å². The largest absolute Gasteiger partial charge is 0.383 e. The first-order valence-electron chi connectivity index (χ1n) is 6.75. The number of hydrogen-bond donors (Lipinski definition) is 1. The van der Waals surface area contributed by atoms with Crippen LogP contribution in [0.2, 0.25) is 5.02 Å². The average Bonchev–Trinajstić information content (AvgIpc) is 3.04. The average molecular weight is 288 g/mol. The van der Waals surface area contributed by atoms with Crippen molar-refractivity contribution in [1.82, 2.24) is 15.1 Å². The molecule has 2 atom stereocenters. The third kappa shape index (κ3) is 3.69. The van der Waals surface area contributed by atoms with Gasteiger partial charge in [0.2, 0.25) is 0 Å². The van der Waals surface area contributed by atoms with Gasteiger partial charge in [-0.2, -0.15) is 5.10 Å². The summed E-state index contributed by atoms with van der Waals surface area (Å²) in [5, 5.41) is 8.35. The van der Waals surface area contributed by atoms with Gasteiger partial charge in [-0.3, -0.25) is 4.68 Å². The number of nitrogens with one attached hydrogen (secondary N) is 1. The number of halogens is 1. The van der Waals surface area contributed by atoms with Crippen LogP contribution in [-0.4, -0.2) is 43.3 Å². The summed E-state index contributed by atoms with van der Waals surface area (Å²) in [6, 6.07) is 0.162. The highest BCUT2D eigenvalue weighted by molar-refractivity contribution is 6.31. The molecule has 108 valence electrons. The Morgan fingerprint density at radius 2 is 2.53 bits per heavy atom. The van der Waals surface area contributed by atoms with Gasteiger partial charge in [0, 0.05) is 13.7 Å². The second-order valence-corrected chi connectivity index (χ2v) is 5.21. The van der Waals surface area contributed by atoms with E-state index < -0.39 is 0 Å². The van der Waals surface area contributed by atoms with E-state index in [0.29, 0.717) is 24.3 Å². The van der Waals surface area contributed by atoms with E-state index in [1.165, 1.54) is 0 Å². The van der Waals surface area contributed by atoms with Crippen molar-refractivity contribution in [3.8, 4) is 0 Å². The smallest absolute Gasteiger partial charge is 0.0834 e. The third-order valence-corrected chi connectivity index (χ3v) is 3.83. The van der Waals surface area contributed by atoms with E-state index in [1.54, 1.807) is 13.3 Å². The molecule has 0 aromatic carbocycles. The first kappa shape index (κ1) is 14.8. The molecular weight excluding hydrogens is 266 g/mol. The maximum Gasteiger partial charge on any atom is 0.0834 e. The quantitative estimate of drug-likeness (QED) is 0.833. The lowest BCUT2D eigenvalue weighted by atomic mass is 10.0. The zero-order valence-corrected chi connectivity index (χ0v) is 12.3. The maximum atomic E-state index is 6.28. The number of methoxy groups -OCH3 is 1. The van der Waals surface area contributed by atoms with E-state index >= 15 is 0 Å². The third-order valence-electron chi connectivity index (χ3n) is 3.54. The van der Waals surface area contributed by atoms with Crippen molar-refractivity contribution in [3.05, 3.63) is 16.9 Å². The highest BCUT2D eigenvalue weighted by Crippen LogP contribution is 2.29. The summed E-state index contributed by atoms with van der Waals surface area (Å²) in [5.41, 5.74) is 1.02. The Hall–Kier alpha value is -0.620. The lowest BCUT2D eigenvalue weighted by molar-refractivity contribution is 0.0941. The van der Waals surface area contributed by atoms with Crippen LogP contribution in [0.15, 0.2) is 6.20 Å². The molecule has 2 heterocycles. The molecule has 5 nitrogen and oxygen atoms in total. The van der Waals surface area contributed by atoms with Gasteiger partial charge in [0.25, 0.3) is 0 Å². The molecule has 1 N–H and O–H groups in total. The summed E-state index contributed by atoms with van der Waals surface area (Å²) in [7, 11) is 3.64. The number of nitrogens with zero attached hydrogens (tertiary/aromatic N) is 2. The van der Waals surface area contributed by atoms with Gasteiger partial charge < -0.3 is 14.8 Å². The van der Waals surface area contributed by atoms with Crippen molar-refractivity contribution in [1.29, 1.82) is 0 Å². The molecule has 2 unspecified atom stereocenters. The Balaban J connectivity index is 2.09. The molecule has 6 heteroatoms. The molecule has 19 heavy (non-hydrogen) atoms. The SMILES string of the molecule is CNC(CC1CCCO1)c1c(Cl)cnn1CCOC. The Morgan fingerprint density at radius 1 is 1.68 bits per heavy atom. The van der Waals surface area contributed by atoms with Crippen LogP contribution in [-0.2, 0) is 16.0 Å². The first-order valence-corrected chi connectivity index (χ1v) is 7.13. The molecule has 0 bridgehead atoms. The van der Waals surface area contributed by atoms with Crippen LogP contribution in [0.4, 0.5) is 0 Å². The summed E-state index contributed by atoms with van der Waals surface area (Å²) in [6.45, 7) is 2.21. The lowest BCUT2D eigenvalue weighted by Gasteiger charge is -2.21. The van der Waals surface area contributed by atoms with Crippen molar-refractivity contribution in [2.24, 2.45) is 0 Å². The monoisotopic (exact) mass is 287 g/mol. The van der Waals surface area contributed by atoms with Crippen molar-refractivity contribution < 1.29 is 9.47 Å². The highest BCUT2D eigenvalue weighted by atomic mass is 35.5. The van der Waals surface area contributed by atoms with Crippen molar-refractivity contribution in [3.63, 3.8) is 0 Å². The minimum absolute atomic E-state index is 0.162. The summed E-state index contributed by atoms with van der Waals surface area (Å²) < 4.78 is 12.7. The Labute approximate surface area is 119 Å². The molecule has 0 aliphatic carbocycles. The van der Waals surface area contributed by atoms with Crippen LogP contribution in [0.25, 0.3) is 0 Å². The van der Waals surface area contributed by atoms with Gasteiger partial charge in [-0.05, 0) is 26.3 Å². The lowest BCUT2D eigenvalue weighted by Crippen LogP contribution is -2.25. The minimum Gasteiger partial charge on any atom is -0.383 e. The fourth-order valence-corrected chi connectivity index (χ4v) is 2.81. The Kier molecular flexibility index (Phi) is 5.63. The highest BCUT2D eigenvalue weighted by Gasteiger charge is 2.25. The standard InChI is InChI=1S/C13H22ClN3O2/c1-15-12(8-10-4-3-6-19-10)13-11(14)9-16-17(13)5-7-18-2/h9-10,12,15H,3-8H2,1-2H3. The summed E-state index contributed by atoms with van der Waals surface area (Å²) >= 11 is 6.28. The number of rotatable bonds is 7. The van der Waals surface area contributed by atoms with Gasteiger partial charge in [0.05, 0.1) is 42.2 Å². The number of hydrogen-bond acceptors (Lipinski definition) is 4. The van der Waals surface area contributed by atoms with Crippen molar-refractivity contribution >= 4 is 11.6 Å². The maximum absolute atomic E-state index is 6.28. The number of ether oxygens (including phenoxy) is 2. The fraction of sp³-hybridized carbons (Fsp3) is 0.769. The predicted octanol–water partition coefficient (Wildman–Crippen LogP) is 2.01.